The second-order valence-electron chi connectivity index (χ2n) is 4.95. The Balaban J connectivity index is 1.53. The largest absolute Gasteiger partial charge is 0.350 e. The van der Waals surface area contributed by atoms with Crippen molar-refractivity contribution in [3.8, 4) is 0 Å². The zero-order valence-corrected chi connectivity index (χ0v) is 15.0. The molecule has 0 bridgehead atoms. The van der Waals surface area contributed by atoms with Crippen LogP contribution in [0.1, 0.15) is 22.0 Å². The first-order valence-electron chi connectivity index (χ1n) is 6.78. The van der Waals surface area contributed by atoms with Crippen molar-refractivity contribution in [1.29, 1.82) is 0 Å². The molecule has 1 amide bonds. The van der Waals surface area contributed by atoms with Gasteiger partial charge in [-0.3, -0.25) is 9.20 Å². The van der Waals surface area contributed by atoms with E-state index < -0.39 is 0 Å². The van der Waals surface area contributed by atoms with E-state index in [2.05, 4.69) is 33.5 Å². The maximum absolute atomic E-state index is 11.9. The molecule has 0 aliphatic carbocycles. The van der Waals surface area contributed by atoms with Gasteiger partial charge in [0, 0.05) is 27.8 Å². The van der Waals surface area contributed by atoms with Gasteiger partial charge in [-0.15, -0.1) is 22.7 Å². The summed E-state index contributed by atoms with van der Waals surface area (Å²) in [6.45, 7) is 6.58. The van der Waals surface area contributed by atoms with Gasteiger partial charge in [-0.25, -0.2) is 9.97 Å². The highest BCUT2D eigenvalue weighted by molar-refractivity contribution is 8.01. The van der Waals surface area contributed by atoms with Gasteiger partial charge in [-0.05, 0) is 20.8 Å². The fraction of sp³-hybridized carbons (Fsp3) is 0.357. The fourth-order valence-electron chi connectivity index (χ4n) is 1.95. The number of carbonyl (C=O) groups excluding carboxylic acids is 1. The molecule has 0 atom stereocenters. The SMILES string of the molecule is Cc1csc(SCC(=O)NCc2cn3c(C)c(C)sc3n2)n1. The fourth-order valence-corrected chi connectivity index (χ4v) is 4.60. The average Bonchev–Trinajstić information content (AvgIpc) is 3.14. The molecular weight excluding hydrogens is 336 g/mol. The first-order chi connectivity index (χ1) is 10.5. The molecule has 3 rings (SSSR count). The minimum absolute atomic E-state index is 0.00195. The van der Waals surface area contributed by atoms with Crippen LogP contribution in [-0.2, 0) is 11.3 Å². The number of fused-ring (bicyclic) bond motifs is 1. The number of rotatable bonds is 5. The quantitative estimate of drug-likeness (QED) is 0.717. The van der Waals surface area contributed by atoms with Crippen molar-refractivity contribution in [3.63, 3.8) is 0 Å². The summed E-state index contributed by atoms with van der Waals surface area (Å²) in [6.07, 6.45) is 1.99. The summed E-state index contributed by atoms with van der Waals surface area (Å²) >= 11 is 4.71. The van der Waals surface area contributed by atoms with E-state index in [0.717, 1.165) is 20.7 Å². The molecule has 0 aliphatic heterocycles. The van der Waals surface area contributed by atoms with Gasteiger partial charge in [0.2, 0.25) is 5.91 Å². The van der Waals surface area contributed by atoms with Crippen LogP contribution in [0.3, 0.4) is 0 Å². The molecule has 0 saturated heterocycles. The molecule has 22 heavy (non-hydrogen) atoms. The highest BCUT2D eigenvalue weighted by Gasteiger charge is 2.10. The summed E-state index contributed by atoms with van der Waals surface area (Å²) in [4.78, 5) is 23.0. The van der Waals surface area contributed by atoms with E-state index in [1.54, 1.807) is 22.7 Å². The number of nitrogens with zero attached hydrogens (tertiary/aromatic N) is 3. The molecule has 8 heteroatoms. The van der Waals surface area contributed by atoms with Crippen molar-refractivity contribution in [3.05, 3.63) is 33.5 Å². The number of thioether (sulfide) groups is 1. The Hall–Kier alpha value is -1.38. The van der Waals surface area contributed by atoms with Crippen LogP contribution in [-0.4, -0.2) is 26.0 Å². The van der Waals surface area contributed by atoms with E-state index in [9.17, 15) is 4.79 Å². The monoisotopic (exact) mass is 352 g/mol. The molecule has 3 heterocycles. The molecule has 0 radical (unpaired) electrons. The van der Waals surface area contributed by atoms with Gasteiger partial charge in [-0.2, -0.15) is 0 Å². The second-order valence-corrected chi connectivity index (χ2v) is 8.21. The predicted octanol–water partition coefficient (Wildman–Crippen LogP) is 3.19. The first kappa shape index (κ1) is 15.5. The van der Waals surface area contributed by atoms with Crippen LogP contribution in [0.15, 0.2) is 15.9 Å². The van der Waals surface area contributed by atoms with E-state index >= 15 is 0 Å². The Bertz CT molecular complexity index is 817. The number of nitrogens with one attached hydrogen (secondary N) is 1. The highest BCUT2D eigenvalue weighted by atomic mass is 32.2. The minimum atomic E-state index is 0.00195. The van der Waals surface area contributed by atoms with E-state index in [0.29, 0.717) is 12.3 Å². The van der Waals surface area contributed by atoms with Crippen LogP contribution >= 0.6 is 34.4 Å². The molecule has 1 N–H and O–H groups in total. The molecule has 0 fully saturated rings. The van der Waals surface area contributed by atoms with Crippen LogP contribution in [0.25, 0.3) is 4.96 Å². The smallest absolute Gasteiger partial charge is 0.230 e. The van der Waals surface area contributed by atoms with E-state index in [1.807, 2.05) is 18.5 Å². The van der Waals surface area contributed by atoms with Crippen molar-refractivity contribution in [2.75, 3.05) is 5.75 Å². The number of thiazole rings is 2. The highest BCUT2D eigenvalue weighted by Crippen LogP contribution is 2.23. The predicted molar refractivity (Wildman–Crippen MR) is 92.0 cm³/mol. The van der Waals surface area contributed by atoms with E-state index in [4.69, 9.17) is 0 Å². The Labute approximate surface area is 140 Å². The average molecular weight is 353 g/mol. The summed E-state index contributed by atoms with van der Waals surface area (Å²) in [6, 6.07) is 0. The molecule has 0 aliphatic rings. The minimum Gasteiger partial charge on any atom is -0.350 e. The maximum Gasteiger partial charge on any atom is 0.230 e. The first-order valence-corrected chi connectivity index (χ1v) is 9.46. The Morgan fingerprint density at radius 3 is 2.86 bits per heavy atom. The molecule has 5 nitrogen and oxygen atoms in total. The third kappa shape index (κ3) is 3.34. The van der Waals surface area contributed by atoms with Crippen molar-refractivity contribution < 1.29 is 4.79 Å². The molecule has 116 valence electrons. The lowest BCUT2D eigenvalue weighted by Crippen LogP contribution is -2.24. The molecule has 0 unspecified atom stereocenters. The van der Waals surface area contributed by atoms with E-state index in [-0.39, 0.29) is 5.91 Å². The summed E-state index contributed by atoms with van der Waals surface area (Å²) in [5.74, 6) is 0.384. The van der Waals surface area contributed by atoms with Crippen LogP contribution in [0.4, 0.5) is 0 Å². The van der Waals surface area contributed by atoms with Crippen molar-refractivity contribution in [2.24, 2.45) is 0 Å². The zero-order valence-electron chi connectivity index (χ0n) is 12.5. The summed E-state index contributed by atoms with van der Waals surface area (Å²) in [5, 5.41) is 4.90. The van der Waals surface area contributed by atoms with Crippen molar-refractivity contribution >= 4 is 45.3 Å². The van der Waals surface area contributed by atoms with E-state index in [1.165, 1.54) is 22.3 Å². The second kappa shape index (κ2) is 6.39. The number of carbonyl (C=O) groups is 1. The van der Waals surface area contributed by atoms with Gasteiger partial charge in [0.1, 0.15) is 0 Å². The van der Waals surface area contributed by atoms with Crippen molar-refractivity contribution in [2.45, 2.75) is 31.7 Å². The number of aryl methyl sites for hydroxylation is 3. The Morgan fingerprint density at radius 2 is 2.18 bits per heavy atom. The number of amides is 1. The Kier molecular flexibility index (Phi) is 4.51. The van der Waals surface area contributed by atoms with Crippen LogP contribution in [0.5, 0.6) is 0 Å². The van der Waals surface area contributed by atoms with Crippen molar-refractivity contribution in [1.82, 2.24) is 19.7 Å². The molecule has 0 saturated carbocycles. The molecule has 0 aromatic carbocycles. The third-order valence-corrected chi connectivity index (χ3v) is 6.44. The van der Waals surface area contributed by atoms with Gasteiger partial charge in [0.25, 0.3) is 0 Å². The lowest BCUT2D eigenvalue weighted by molar-refractivity contribution is -0.118. The third-order valence-electron chi connectivity index (χ3n) is 3.23. The van der Waals surface area contributed by atoms with Gasteiger partial charge in [0.05, 0.1) is 18.0 Å². The number of imidazole rings is 1. The molecule has 0 spiro atoms. The standard InChI is InChI=1S/C14H16N4OS3/c1-8-6-20-14(16-8)21-7-12(19)15-4-11-5-18-9(2)10(3)22-13(18)17-11/h5-6H,4,7H2,1-3H3,(H,15,19). The number of aromatic nitrogens is 3. The maximum atomic E-state index is 11.9. The number of hydrogen-bond donors (Lipinski definition) is 1. The Morgan fingerprint density at radius 1 is 1.36 bits per heavy atom. The lowest BCUT2D eigenvalue weighted by Gasteiger charge is -2.01. The molecule has 3 aromatic heterocycles. The normalized spacial score (nSPS) is 11.2. The van der Waals surface area contributed by atoms with Gasteiger partial charge >= 0.3 is 0 Å². The summed E-state index contributed by atoms with van der Waals surface area (Å²) in [7, 11) is 0. The summed E-state index contributed by atoms with van der Waals surface area (Å²) in [5.41, 5.74) is 3.09. The lowest BCUT2D eigenvalue weighted by atomic mass is 10.4. The zero-order chi connectivity index (χ0) is 15.7. The summed E-state index contributed by atoms with van der Waals surface area (Å²) < 4.78 is 3.01. The molecular formula is C14H16N4OS3. The van der Waals surface area contributed by atoms with Crippen LogP contribution < -0.4 is 5.32 Å². The topological polar surface area (TPSA) is 59.3 Å². The number of hydrogen-bond acceptors (Lipinski definition) is 6. The molecule has 3 aromatic rings. The van der Waals surface area contributed by atoms with Crippen LogP contribution in [0, 0.1) is 20.8 Å². The van der Waals surface area contributed by atoms with Gasteiger partial charge in [-0.1, -0.05) is 11.8 Å². The van der Waals surface area contributed by atoms with Gasteiger partial charge in [0.15, 0.2) is 9.30 Å². The van der Waals surface area contributed by atoms with Gasteiger partial charge < -0.3 is 5.32 Å². The van der Waals surface area contributed by atoms with Crippen LogP contribution in [0.2, 0.25) is 0 Å².